The van der Waals surface area contributed by atoms with E-state index in [-0.39, 0.29) is 24.5 Å². The molecule has 2 atom stereocenters. The molecule has 1 aliphatic heterocycles. The molecule has 11 heteroatoms. The van der Waals surface area contributed by atoms with Crippen molar-refractivity contribution in [3.05, 3.63) is 107 Å². The van der Waals surface area contributed by atoms with E-state index in [4.69, 9.17) is 0 Å². The van der Waals surface area contributed by atoms with Crippen LogP contribution in [0.3, 0.4) is 0 Å². The molecule has 4 aromatic rings. The average molecular weight is 560 g/mol. The molecule has 1 saturated heterocycles. The van der Waals surface area contributed by atoms with E-state index < -0.39 is 53.9 Å². The van der Waals surface area contributed by atoms with Crippen LogP contribution < -0.4 is 5.32 Å². The van der Waals surface area contributed by atoms with Crippen LogP contribution in [0.1, 0.15) is 27.8 Å². The van der Waals surface area contributed by atoms with Gasteiger partial charge in [-0.2, -0.15) is 26.3 Å². The molecular formula is C29H23F6N3O2. The minimum absolute atomic E-state index is 0.0311. The van der Waals surface area contributed by atoms with Crippen molar-refractivity contribution in [1.29, 1.82) is 0 Å². The van der Waals surface area contributed by atoms with Crippen molar-refractivity contribution in [2.24, 2.45) is 0 Å². The molecule has 2 amide bonds. The molecule has 1 aromatic heterocycles. The number of carbonyl (C=O) groups is 2. The van der Waals surface area contributed by atoms with E-state index in [0.29, 0.717) is 17.7 Å². The summed E-state index contributed by atoms with van der Waals surface area (Å²) >= 11 is 0. The van der Waals surface area contributed by atoms with E-state index in [1.54, 1.807) is 36.5 Å². The zero-order valence-electron chi connectivity index (χ0n) is 20.8. The lowest BCUT2D eigenvalue weighted by atomic mass is 9.95. The summed E-state index contributed by atoms with van der Waals surface area (Å²) in [5.74, 6) is -1.15. The number of carbonyl (C=O) groups excluding carboxylic acids is 2. The number of benzene rings is 3. The lowest BCUT2D eigenvalue weighted by Crippen LogP contribution is -2.64. The van der Waals surface area contributed by atoms with Crippen LogP contribution in [0, 0.1) is 0 Å². The van der Waals surface area contributed by atoms with Gasteiger partial charge in [0.1, 0.15) is 12.1 Å². The monoisotopic (exact) mass is 559 g/mol. The van der Waals surface area contributed by atoms with Gasteiger partial charge < -0.3 is 15.2 Å². The lowest BCUT2D eigenvalue weighted by molar-refractivity contribution is -0.150. The SMILES string of the molecule is O=C1NC(Cc2c[nH]c3ccccc23)C(=O)N(Cc2cc(C(F)(F)F)cc(C(F)(F)F)c2)C1Cc1ccccc1. The van der Waals surface area contributed by atoms with Crippen molar-refractivity contribution < 1.29 is 35.9 Å². The maximum absolute atomic E-state index is 13.8. The van der Waals surface area contributed by atoms with Crippen molar-refractivity contribution >= 4 is 22.7 Å². The third kappa shape index (κ3) is 5.68. The predicted molar refractivity (Wildman–Crippen MR) is 135 cm³/mol. The van der Waals surface area contributed by atoms with Gasteiger partial charge in [0.2, 0.25) is 11.8 Å². The summed E-state index contributed by atoms with van der Waals surface area (Å²) in [5.41, 5.74) is -1.13. The van der Waals surface area contributed by atoms with Crippen LogP contribution in [0.15, 0.2) is 79.0 Å². The van der Waals surface area contributed by atoms with Crippen LogP contribution in [0.5, 0.6) is 0 Å². The van der Waals surface area contributed by atoms with Crippen molar-refractivity contribution in [3.63, 3.8) is 0 Å². The Morgan fingerprint density at radius 3 is 2.02 bits per heavy atom. The van der Waals surface area contributed by atoms with Crippen molar-refractivity contribution in [3.8, 4) is 0 Å². The fourth-order valence-electron chi connectivity index (χ4n) is 5.02. The molecule has 5 nitrogen and oxygen atoms in total. The number of piperazine rings is 1. The van der Waals surface area contributed by atoms with Crippen LogP contribution in [0.4, 0.5) is 26.3 Å². The van der Waals surface area contributed by atoms with Crippen LogP contribution in [-0.4, -0.2) is 33.8 Å². The first kappa shape index (κ1) is 27.3. The fourth-order valence-corrected chi connectivity index (χ4v) is 5.02. The molecule has 2 unspecified atom stereocenters. The van der Waals surface area contributed by atoms with Gasteiger partial charge in [-0.15, -0.1) is 0 Å². The summed E-state index contributed by atoms with van der Waals surface area (Å²) in [4.78, 5) is 31.3. The Bertz CT molecular complexity index is 1510. The first-order valence-corrected chi connectivity index (χ1v) is 12.4. The smallest absolute Gasteiger partial charge is 0.361 e. The quantitative estimate of drug-likeness (QED) is 0.290. The Kier molecular flexibility index (Phi) is 7.07. The summed E-state index contributed by atoms with van der Waals surface area (Å²) in [6.07, 6.45) is -8.27. The highest BCUT2D eigenvalue weighted by atomic mass is 19.4. The number of nitrogens with one attached hydrogen (secondary N) is 2. The van der Waals surface area contributed by atoms with Crippen LogP contribution >= 0.6 is 0 Å². The number of nitrogens with zero attached hydrogens (tertiary/aromatic N) is 1. The summed E-state index contributed by atoms with van der Waals surface area (Å²) in [5, 5.41) is 3.55. The third-order valence-corrected chi connectivity index (χ3v) is 6.95. The molecule has 0 saturated carbocycles. The van der Waals surface area contributed by atoms with Crippen molar-refractivity contribution in [2.45, 2.75) is 43.8 Å². The summed E-state index contributed by atoms with van der Waals surface area (Å²) in [6.45, 7) is -0.610. The van der Waals surface area contributed by atoms with Gasteiger partial charge >= 0.3 is 12.4 Å². The van der Waals surface area contributed by atoms with E-state index in [9.17, 15) is 35.9 Å². The Hall–Kier alpha value is -4.28. The van der Waals surface area contributed by atoms with Gasteiger partial charge in [-0.3, -0.25) is 9.59 Å². The van der Waals surface area contributed by atoms with Gasteiger partial charge in [0.15, 0.2) is 0 Å². The Morgan fingerprint density at radius 2 is 1.38 bits per heavy atom. The molecule has 3 aromatic carbocycles. The second kappa shape index (κ2) is 10.4. The molecule has 1 fully saturated rings. The molecule has 208 valence electrons. The van der Waals surface area contributed by atoms with Crippen molar-refractivity contribution in [2.75, 3.05) is 0 Å². The number of halogens is 6. The highest BCUT2D eigenvalue weighted by Crippen LogP contribution is 2.37. The van der Waals surface area contributed by atoms with Crippen LogP contribution in [-0.2, 0) is 41.3 Å². The average Bonchev–Trinajstić information content (AvgIpc) is 3.31. The first-order valence-electron chi connectivity index (χ1n) is 12.4. The topological polar surface area (TPSA) is 65.2 Å². The molecule has 2 N–H and O–H groups in total. The molecular weight excluding hydrogens is 536 g/mol. The Morgan fingerprint density at radius 1 is 0.750 bits per heavy atom. The minimum atomic E-state index is -5.04. The van der Waals surface area contributed by atoms with E-state index in [0.717, 1.165) is 21.4 Å². The van der Waals surface area contributed by atoms with E-state index in [1.165, 1.54) is 0 Å². The first-order chi connectivity index (χ1) is 18.9. The van der Waals surface area contributed by atoms with Gasteiger partial charge in [0.05, 0.1) is 11.1 Å². The number of amides is 2. The number of fused-ring (bicyclic) bond motifs is 1. The summed E-state index contributed by atoms with van der Waals surface area (Å²) < 4.78 is 81.0. The molecule has 1 aliphatic rings. The Labute approximate surface area is 224 Å². The van der Waals surface area contributed by atoms with Gasteiger partial charge in [-0.1, -0.05) is 48.5 Å². The van der Waals surface area contributed by atoms with Crippen LogP contribution in [0.25, 0.3) is 10.9 Å². The second-order valence-electron chi connectivity index (χ2n) is 9.71. The highest BCUT2D eigenvalue weighted by molar-refractivity contribution is 5.97. The molecule has 5 rings (SSSR count). The number of alkyl halides is 6. The van der Waals surface area contributed by atoms with Gasteiger partial charge in [-0.25, -0.2) is 0 Å². The zero-order valence-corrected chi connectivity index (χ0v) is 20.8. The van der Waals surface area contributed by atoms with Crippen molar-refractivity contribution in [1.82, 2.24) is 15.2 Å². The standard InChI is InChI=1S/C29H23F6N3O2/c30-28(31,32)20-10-18(11-21(14-20)29(33,34)35)16-38-25(12-17-6-2-1-3-7-17)26(39)37-24(27(38)40)13-19-15-36-23-9-5-4-8-22(19)23/h1-11,14-15,24-25,36H,12-13,16H2,(H,37,39). The number of rotatable bonds is 6. The van der Waals surface area contributed by atoms with E-state index >= 15 is 0 Å². The second-order valence-corrected chi connectivity index (χ2v) is 9.71. The minimum Gasteiger partial charge on any atom is -0.361 e. The summed E-state index contributed by atoms with van der Waals surface area (Å²) in [7, 11) is 0. The van der Waals surface area contributed by atoms with Crippen LogP contribution in [0.2, 0.25) is 0 Å². The number of aromatic nitrogens is 1. The molecule has 0 spiro atoms. The fraction of sp³-hybridized carbons (Fsp3) is 0.241. The maximum Gasteiger partial charge on any atom is 0.416 e. The lowest BCUT2D eigenvalue weighted by Gasteiger charge is -2.39. The molecule has 0 radical (unpaired) electrons. The van der Waals surface area contributed by atoms with E-state index in [2.05, 4.69) is 10.3 Å². The number of aromatic amines is 1. The molecule has 0 bridgehead atoms. The summed E-state index contributed by atoms with van der Waals surface area (Å²) in [6, 6.07) is 15.0. The molecule has 0 aliphatic carbocycles. The third-order valence-electron chi connectivity index (χ3n) is 6.95. The van der Waals surface area contributed by atoms with Gasteiger partial charge in [0, 0.05) is 36.5 Å². The predicted octanol–water partition coefficient (Wildman–Crippen LogP) is 5.89. The number of para-hydroxylation sites is 1. The molecule has 40 heavy (non-hydrogen) atoms. The highest BCUT2D eigenvalue weighted by Gasteiger charge is 2.42. The molecule has 2 heterocycles. The van der Waals surface area contributed by atoms with Gasteiger partial charge in [0.25, 0.3) is 0 Å². The number of hydrogen-bond acceptors (Lipinski definition) is 2. The normalized spacial score (nSPS) is 18.3. The maximum atomic E-state index is 13.8. The number of hydrogen-bond donors (Lipinski definition) is 2. The largest absolute Gasteiger partial charge is 0.416 e. The Balaban J connectivity index is 1.52. The van der Waals surface area contributed by atoms with E-state index in [1.807, 2.05) is 24.3 Å². The van der Waals surface area contributed by atoms with Gasteiger partial charge in [-0.05, 0) is 41.0 Å². The zero-order chi connectivity index (χ0) is 28.7. The number of H-pyrrole nitrogens is 1.